The summed E-state index contributed by atoms with van der Waals surface area (Å²) in [6.07, 6.45) is 1.12. The summed E-state index contributed by atoms with van der Waals surface area (Å²) in [6.45, 7) is 4.49. The van der Waals surface area contributed by atoms with Crippen LogP contribution in [0.25, 0.3) is 11.0 Å². The Morgan fingerprint density at radius 1 is 1.05 bits per heavy atom. The molecule has 0 bridgehead atoms. The van der Waals surface area contributed by atoms with Gasteiger partial charge in [0.05, 0.1) is 6.54 Å². The summed E-state index contributed by atoms with van der Waals surface area (Å²) in [5.41, 5.74) is 2.03. The van der Waals surface area contributed by atoms with Gasteiger partial charge in [-0.2, -0.15) is 0 Å². The smallest absolute Gasteiger partial charge is 0.138 e. The van der Waals surface area contributed by atoms with E-state index in [1.165, 1.54) is 0 Å². The van der Waals surface area contributed by atoms with Gasteiger partial charge in [0.2, 0.25) is 0 Å². The van der Waals surface area contributed by atoms with Crippen LogP contribution in [-0.4, -0.2) is 6.54 Å². The fourth-order valence-electron chi connectivity index (χ4n) is 2.37. The largest absolute Gasteiger partial charge is 0.489 e. The molecule has 3 nitrogen and oxygen atoms in total. The van der Waals surface area contributed by atoms with Crippen molar-refractivity contribution in [3.8, 4) is 5.75 Å². The van der Waals surface area contributed by atoms with E-state index in [0.717, 1.165) is 47.6 Å². The Kier molecular flexibility index (Phi) is 4.76. The molecule has 0 atom stereocenters. The Labute approximate surface area is 130 Å². The number of benzene rings is 2. The lowest BCUT2D eigenvalue weighted by Crippen LogP contribution is -2.12. The molecule has 22 heavy (non-hydrogen) atoms. The van der Waals surface area contributed by atoms with Crippen LogP contribution >= 0.6 is 0 Å². The van der Waals surface area contributed by atoms with Gasteiger partial charge >= 0.3 is 0 Å². The Hall–Kier alpha value is -2.26. The molecule has 114 valence electrons. The third-order valence-electron chi connectivity index (χ3n) is 3.52. The molecule has 1 aromatic heterocycles. The first-order valence-electron chi connectivity index (χ1n) is 7.75. The average Bonchev–Trinajstić information content (AvgIpc) is 2.96. The van der Waals surface area contributed by atoms with Gasteiger partial charge in [0, 0.05) is 11.5 Å². The van der Waals surface area contributed by atoms with Crippen molar-refractivity contribution in [3.05, 3.63) is 65.9 Å². The Morgan fingerprint density at radius 2 is 1.91 bits per heavy atom. The first-order valence-corrected chi connectivity index (χ1v) is 7.75. The predicted molar refractivity (Wildman–Crippen MR) is 89.0 cm³/mol. The van der Waals surface area contributed by atoms with Crippen molar-refractivity contribution in [1.29, 1.82) is 0 Å². The summed E-state index contributed by atoms with van der Waals surface area (Å²) in [4.78, 5) is 0. The molecule has 3 aromatic rings. The van der Waals surface area contributed by atoms with Gasteiger partial charge in [-0.1, -0.05) is 37.3 Å². The molecule has 1 N–H and O–H groups in total. The van der Waals surface area contributed by atoms with Crippen molar-refractivity contribution in [2.75, 3.05) is 6.54 Å². The summed E-state index contributed by atoms with van der Waals surface area (Å²) in [5.74, 6) is 1.79. The van der Waals surface area contributed by atoms with E-state index in [4.69, 9.17) is 9.15 Å². The van der Waals surface area contributed by atoms with Gasteiger partial charge in [0.1, 0.15) is 23.7 Å². The van der Waals surface area contributed by atoms with Crippen LogP contribution in [0.4, 0.5) is 0 Å². The summed E-state index contributed by atoms with van der Waals surface area (Å²) < 4.78 is 11.7. The number of ether oxygens (including phenoxy) is 1. The molecule has 0 aliphatic carbocycles. The van der Waals surface area contributed by atoms with E-state index >= 15 is 0 Å². The molecule has 0 aliphatic rings. The Bertz CT molecular complexity index is 719. The highest BCUT2D eigenvalue weighted by molar-refractivity contribution is 5.79. The summed E-state index contributed by atoms with van der Waals surface area (Å²) in [7, 11) is 0. The molecule has 0 unspecified atom stereocenters. The fourth-order valence-corrected chi connectivity index (χ4v) is 2.37. The number of fused-ring (bicyclic) bond motifs is 1. The van der Waals surface area contributed by atoms with E-state index in [1.54, 1.807) is 0 Å². The molecule has 0 spiro atoms. The van der Waals surface area contributed by atoms with Crippen molar-refractivity contribution in [2.24, 2.45) is 0 Å². The van der Waals surface area contributed by atoms with E-state index < -0.39 is 0 Å². The molecular formula is C19H21NO2. The number of furan rings is 1. The third kappa shape index (κ3) is 3.68. The maximum atomic E-state index is 5.86. The number of hydrogen-bond donors (Lipinski definition) is 1. The highest BCUT2D eigenvalue weighted by atomic mass is 16.5. The zero-order valence-corrected chi connectivity index (χ0v) is 12.8. The molecule has 0 saturated carbocycles. The van der Waals surface area contributed by atoms with E-state index in [0.29, 0.717) is 6.61 Å². The highest BCUT2D eigenvalue weighted by Crippen LogP contribution is 2.25. The van der Waals surface area contributed by atoms with E-state index in [-0.39, 0.29) is 0 Å². The molecule has 0 amide bonds. The maximum Gasteiger partial charge on any atom is 0.138 e. The first-order chi connectivity index (χ1) is 10.8. The predicted octanol–water partition coefficient (Wildman–Crippen LogP) is 4.51. The topological polar surface area (TPSA) is 34.4 Å². The van der Waals surface area contributed by atoms with Crippen molar-refractivity contribution in [3.63, 3.8) is 0 Å². The lowest BCUT2D eigenvalue weighted by atomic mass is 10.2. The van der Waals surface area contributed by atoms with Crippen LogP contribution < -0.4 is 10.1 Å². The van der Waals surface area contributed by atoms with Gasteiger partial charge < -0.3 is 14.5 Å². The molecule has 0 fully saturated rings. The Balaban J connectivity index is 1.67. The van der Waals surface area contributed by atoms with E-state index in [2.05, 4.69) is 30.4 Å². The average molecular weight is 295 g/mol. The Morgan fingerprint density at radius 3 is 2.73 bits per heavy atom. The van der Waals surface area contributed by atoms with Crippen molar-refractivity contribution < 1.29 is 9.15 Å². The quantitative estimate of drug-likeness (QED) is 0.651. The summed E-state index contributed by atoms with van der Waals surface area (Å²) in [5, 5.41) is 4.46. The molecule has 3 heteroatoms. The summed E-state index contributed by atoms with van der Waals surface area (Å²) >= 11 is 0. The normalized spacial score (nSPS) is 11.0. The fraction of sp³-hybridized carbons (Fsp3) is 0.263. The molecule has 3 rings (SSSR count). The standard InChI is InChI=1S/C19H21NO2/c1-2-10-20-13-18-11-16-8-9-17(12-19(16)22-18)21-14-15-6-4-3-5-7-15/h3-9,11-12,20H,2,10,13-14H2,1H3. The lowest BCUT2D eigenvalue weighted by molar-refractivity contribution is 0.306. The second-order valence-electron chi connectivity index (χ2n) is 5.36. The van der Waals surface area contributed by atoms with Crippen LogP contribution in [0.5, 0.6) is 5.75 Å². The minimum Gasteiger partial charge on any atom is -0.489 e. The molecule has 0 saturated heterocycles. The van der Waals surface area contributed by atoms with Gasteiger partial charge in [-0.3, -0.25) is 0 Å². The van der Waals surface area contributed by atoms with Crippen LogP contribution in [0.3, 0.4) is 0 Å². The van der Waals surface area contributed by atoms with Crippen molar-refractivity contribution in [1.82, 2.24) is 5.32 Å². The van der Waals surface area contributed by atoms with Gasteiger partial charge in [0.15, 0.2) is 0 Å². The molecular weight excluding hydrogens is 274 g/mol. The monoisotopic (exact) mass is 295 g/mol. The van der Waals surface area contributed by atoms with Gasteiger partial charge in [-0.05, 0) is 36.7 Å². The second kappa shape index (κ2) is 7.14. The van der Waals surface area contributed by atoms with Crippen LogP contribution in [0.2, 0.25) is 0 Å². The van der Waals surface area contributed by atoms with Crippen molar-refractivity contribution >= 4 is 11.0 Å². The minimum atomic E-state index is 0.567. The molecule has 0 aliphatic heterocycles. The zero-order valence-electron chi connectivity index (χ0n) is 12.8. The van der Waals surface area contributed by atoms with Crippen molar-refractivity contribution in [2.45, 2.75) is 26.5 Å². The molecule has 2 aromatic carbocycles. The van der Waals surface area contributed by atoms with Crippen LogP contribution in [0.1, 0.15) is 24.7 Å². The summed E-state index contributed by atoms with van der Waals surface area (Å²) in [6, 6.07) is 18.2. The van der Waals surface area contributed by atoms with Gasteiger partial charge in [0.25, 0.3) is 0 Å². The van der Waals surface area contributed by atoms with E-state index in [1.807, 2.05) is 36.4 Å². The van der Waals surface area contributed by atoms with Gasteiger partial charge in [-0.25, -0.2) is 0 Å². The van der Waals surface area contributed by atoms with Gasteiger partial charge in [-0.15, -0.1) is 0 Å². The maximum absolute atomic E-state index is 5.86. The van der Waals surface area contributed by atoms with Crippen LogP contribution in [0.15, 0.2) is 59.0 Å². The first kappa shape index (κ1) is 14.7. The number of hydrogen-bond acceptors (Lipinski definition) is 3. The minimum absolute atomic E-state index is 0.567. The SMILES string of the molecule is CCCNCc1cc2ccc(OCc3ccccc3)cc2o1. The number of rotatable bonds is 7. The van der Waals surface area contributed by atoms with E-state index in [9.17, 15) is 0 Å². The second-order valence-corrected chi connectivity index (χ2v) is 5.36. The highest BCUT2D eigenvalue weighted by Gasteiger charge is 2.05. The zero-order chi connectivity index (χ0) is 15.2. The molecule has 1 heterocycles. The third-order valence-corrected chi connectivity index (χ3v) is 3.52. The number of nitrogens with one attached hydrogen (secondary N) is 1. The lowest BCUT2D eigenvalue weighted by Gasteiger charge is -2.05. The molecule has 0 radical (unpaired) electrons. The van der Waals surface area contributed by atoms with Crippen LogP contribution in [-0.2, 0) is 13.2 Å². The van der Waals surface area contributed by atoms with Crippen LogP contribution in [0, 0.1) is 0 Å².